The van der Waals surface area contributed by atoms with Gasteiger partial charge in [0.25, 0.3) is 11.1 Å². The van der Waals surface area contributed by atoms with Crippen molar-refractivity contribution in [3.63, 3.8) is 0 Å². The third kappa shape index (κ3) is 5.65. The van der Waals surface area contributed by atoms with E-state index in [4.69, 9.17) is 16.3 Å². The lowest BCUT2D eigenvalue weighted by atomic mass is 10.2. The SMILES string of the molecule is COc1ccc(NC(=O)CN2C(=O)SC(=Cc3ccc(NC(C)=O)cc3)C2=O)cc1Cl. The molecule has 160 valence electrons. The summed E-state index contributed by atoms with van der Waals surface area (Å²) in [5.74, 6) is -0.821. The number of anilines is 2. The second-order valence-electron chi connectivity index (χ2n) is 6.47. The van der Waals surface area contributed by atoms with E-state index in [0.717, 1.165) is 16.7 Å². The summed E-state index contributed by atoms with van der Waals surface area (Å²) in [5.41, 5.74) is 1.71. The molecule has 10 heteroatoms. The molecule has 2 N–H and O–H groups in total. The lowest BCUT2D eigenvalue weighted by molar-refractivity contribution is -0.127. The lowest BCUT2D eigenvalue weighted by Gasteiger charge is -2.13. The van der Waals surface area contributed by atoms with Crippen LogP contribution in [-0.2, 0) is 14.4 Å². The fourth-order valence-electron chi connectivity index (χ4n) is 2.74. The number of methoxy groups -OCH3 is 1. The zero-order valence-electron chi connectivity index (χ0n) is 16.6. The minimum atomic E-state index is -0.552. The number of ether oxygens (including phenoxy) is 1. The number of amides is 4. The topological polar surface area (TPSA) is 105 Å². The summed E-state index contributed by atoms with van der Waals surface area (Å²) in [4.78, 5) is 49.3. The molecule has 1 heterocycles. The van der Waals surface area contributed by atoms with Gasteiger partial charge in [-0.1, -0.05) is 23.7 Å². The molecular weight excluding hydrogens is 442 g/mol. The molecule has 0 bridgehead atoms. The van der Waals surface area contributed by atoms with Gasteiger partial charge in [0.05, 0.1) is 17.0 Å². The molecule has 0 aromatic heterocycles. The molecule has 31 heavy (non-hydrogen) atoms. The largest absolute Gasteiger partial charge is 0.495 e. The van der Waals surface area contributed by atoms with Crippen molar-refractivity contribution in [2.75, 3.05) is 24.3 Å². The van der Waals surface area contributed by atoms with Crippen LogP contribution in [0.3, 0.4) is 0 Å². The highest BCUT2D eigenvalue weighted by atomic mass is 35.5. The van der Waals surface area contributed by atoms with Crippen molar-refractivity contribution in [1.82, 2.24) is 4.90 Å². The van der Waals surface area contributed by atoms with Gasteiger partial charge in [-0.15, -0.1) is 0 Å². The Kier molecular flexibility index (Phi) is 6.98. The Labute approximate surface area is 187 Å². The van der Waals surface area contributed by atoms with Gasteiger partial charge in [-0.3, -0.25) is 24.1 Å². The number of carbonyl (C=O) groups is 4. The summed E-state index contributed by atoms with van der Waals surface area (Å²) in [6.07, 6.45) is 1.56. The van der Waals surface area contributed by atoms with Gasteiger partial charge in [0.1, 0.15) is 12.3 Å². The maximum Gasteiger partial charge on any atom is 0.294 e. The van der Waals surface area contributed by atoms with Crippen LogP contribution < -0.4 is 15.4 Å². The van der Waals surface area contributed by atoms with E-state index in [1.54, 1.807) is 42.5 Å². The van der Waals surface area contributed by atoms with Crippen LogP contribution in [-0.4, -0.2) is 41.5 Å². The minimum absolute atomic E-state index is 0.191. The summed E-state index contributed by atoms with van der Waals surface area (Å²) < 4.78 is 5.06. The van der Waals surface area contributed by atoms with Gasteiger partial charge < -0.3 is 15.4 Å². The van der Waals surface area contributed by atoms with Crippen LogP contribution in [0, 0.1) is 0 Å². The number of rotatable bonds is 6. The Morgan fingerprint density at radius 2 is 1.77 bits per heavy atom. The minimum Gasteiger partial charge on any atom is -0.495 e. The average molecular weight is 460 g/mol. The molecule has 8 nitrogen and oxygen atoms in total. The number of thioether (sulfide) groups is 1. The standard InChI is InChI=1S/C21H18ClN3O5S/c1-12(26)23-14-5-3-13(4-6-14)9-18-20(28)25(21(29)31-18)11-19(27)24-15-7-8-17(30-2)16(22)10-15/h3-10H,11H2,1-2H3,(H,23,26)(H,24,27). The van der Waals surface area contributed by atoms with E-state index < -0.39 is 23.6 Å². The first-order valence-electron chi connectivity index (χ1n) is 9.03. The fourth-order valence-corrected chi connectivity index (χ4v) is 3.84. The Balaban J connectivity index is 1.65. The van der Waals surface area contributed by atoms with E-state index in [1.165, 1.54) is 20.1 Å². The number of hydrogen-bond donors (Lipinski definition) is 2. The van der Waals surface area contributed by atoms with Crippen LogP contribution in [0.25, 0.3) is 6.08 Å². The van der Waals surface area contributed by atoms with Crippen molar-refractivity contribution in [1.29, 1.82) is 0 Å². The lowest BCUT2D eigenvalue weighted by Crippen LogP contribution is -2.36. The van der Waals surface area contributed by atoms with Crippen LogP contribution in [0.5, 0.6) is 5.75 Å². The van der Waals surface area contributed by atoms with Gasteiger partial charge in [0, 0.05) is 18.3 Å². The van der Waals surface area contributed by atoms with Crippen LogP contribution in [0.15, 0.2) is 47.4 Å². The first-order chi connectivity index (χ1) is 14.8. The number of imide groups is 1. The third-order valence-electron chi connectivity index (χ3n) is 4.14. The molecule has 4 amide bonds. The van der Waals surface area contributed by atoms with Crippen molar-refractivity contribution < 1.29 is 23.9 Å². The molecule has 2 aromatic carbocycles. The first kappa shape index (κ1) is 22.4. The van der Waals surface area contributed by atoms with Gasteiger partial charge in [0.15, 0.2) is 0 Å². The monoisotopic (exact) mass is 459 g/mol. The number of nitrogens with one attached hydrogen (secondary N) is 2. The highest BCUT2D eigenvalue weighted by Gasteiger charge is 2.36. The summed E-state index contributed by atoms with van der Waals surface area (Å²) in [6, 6.07) is 11.5. The second-order valence-corrected chi connectivity index (χ2v) is 7.87. The summed E-state index contributed by atoms with van der Waals surface area (Å²) in [6.45, 7) is 0.983. The van der Waals surface area contributed by atoms with Gasteiger partial charge in [-0.05, 0) is 53.7 Å². The number of hydrogen-bond acceptors (Lipinski definition) is 6. The highest BCUT2D eigenvalue weighted by Crippen LogP contribution is 2.32. The first-order valence-corrected chi connectivity index (χ1v) is 10.2. The Hall–Kier alpha value is -3.30. The molecule has 2 aromatic rings. The molecule has 0 aliphatic carbocycles. The molecule has 1 fully saturated rings. The maximum atomic E-state index is 12.6. The third-order valence-corrected chi connectivity index (χ3v) is 5.34. The molecule has 0 atom stereocenters. The van der Waals surface area contributed by atoms with Crippen LogP contribution >= 0.6 is 23.4 Å². The Morgan fingerprint density at radius 1 is 1.10 bits per heavy atom. The highest BCUT2D eigenvalue weighted by molar-refractivity contribution is 8.18. The van der Waals surface area contributed by atoms with Crippen LogP contribution in [0.1, 0.15) is 12.5 Å². The Morgan fingerprint density at radius 3 is 2.39 bits per heavy atom. The molecule has 0 radical (unpaired) electrons. The molecule has 0 unspecified atom stereocenters. The average Bonchev–Trinajstić information content (AvgIpc) is 2.96. The number of halogens is 1. The zero-order chi connectivity index (χ0) is 22.5. The fraction of sp³-hybridized carbons (Fsp3) is 0.143. The van der Waals surface area contributed by atoms with Crippen molar-refractivity contribution >= 4 is 63.8 Å². The molecule has 3 rings (SSSR count). The summed E-state index contributed by atoms with van der Waals surface area (Å²) in [5, 5.41) is 5.03. The van der Waals surface area contributed by atoms with E-state index in [1.807, 2.05) is 0 Å². The van der Waals surface area contributed by atoms with Crippen LogP contribution in [0.2, 0.25) is 5.02 Å². The van der Waals surface area contributed by atoms with Gasteiger partial charge in [-0.2, -0.15) is 0 Å². The quantitative estimate of drug-likeness (QED) is 0.633. The summed E-state index contributed by atoms with van der Waals surface area (Å²) in [7, 11) is 1.48. The normalized spacial score (nSPS) is 14.7. The second kappa shape index (κ2) is 9.67. The molecule has 1 aliphatic heterocycles. The predicted molar refractivity (Wildman–Crippen MR) is 120 cm³/mol. The van der Waals surface area contributed by atoms with Crippen molar-refractivity contribution in [3.05, 3.63) is 58.0 Å². The van der Waals surface area contributed by atoms with Gasteiger partial charge in [0.2, 0.25) is 11.8 Å². The molecule has 1 saturated heterocycles. The van der Waals surface area contributed by atoms with E-state index in [9.17, 15) is 19.2 Å². The van der Waals surface area contributed by atoms with Crippen molar-refractivity contribution in [2.24, 2.45) is 0 Å². The number of benzene rings is 2. The maximum absolute atomic E-state index is 12.6. The van der Waals surface area contributed by atoms with Gasteiger partial charge >= 0.3 is 0 Å². The van der Waals surface area contributed by atoms with Crippen LogP contribution in [0.4, 0.5) is 16.2 Å². The zero-order valence-corrected chi connectivity index (χ0v) is 18.2. The molecule has 1 aliphatic rings. The number of nitrogens with zero attached hydrogens (tertiary/aromatic N) is 1. The smallest absolute Gasteiger partial charge is 0.294 e. The molecule has 0 spiro atoms. The predicted octanol–water partition coefficient (Wildman–Crippen LogP) is 3.98. The van der Waals surface area contributed by atoms with E-state index in [-0.39, 0.29) is 10.8 Å². The van der Waals surface area contributed by atoms with Crippen molar-refractivity contribution in [3.8, 4) is 5.75 Å². The summed E-state index contributed by atoms with van der Waals surface area (Å²) >= 11 is 6.79. The molecular formula is C21H18ClN3O5S. The number of carbonyl (C=O) groups excluding carboxylic acids is 4. The molecule has 0 saturated carbocycles. The van der Waals surface area contributed by atoms with E-state index >= 15 is 0 Å². The Bertz CT molecular complexity index is 1080. The van der Waals surface area contributed by atoms with Crippen molar-refractivity contribution in [2.45, 2.75) is 6.92 Å². The van der Waals surface area contributed by atoms with E-state index in [0.29, 0.717) is 27.7 Å². The van der Waals surface area contributed by atoms with E-state index in [2.05, 4.69) is 10.6 Å². The van der Waals surface area contributed by atoms with Gasteiger partial charge in [-0.25, -0.2) is 0 Å².